The lowest BCUT2D eigenvalue weighted by Gasteiger charge is -2.23. The van der Waals surface area contributed by atoms with Gasteiger partial charge in [0.25, 0.3) is 5.91 Å². The molecule has 0 aliphatic carbocycles. The summed E-state index contributed by atoms with van der Waals surface area (Å²) in [5, 5.41) is 5.25. The third kappa shape index (κ3) is 6.71. The Morgan fingerprint density at radius 2 is 1.91 bits per heavy atom. The number of hydrogen-bond acceptors (Lipinski definition) is 6. The van der Waals surface area contributed by atoms with Crippen molar-refractivity contribution in [1.82, 2.24) is 15.6 Å². The van der Waals surface area contributed by atoms with E-state index in [-0.39, 0.29) is 31.1 Å². The van der Waals surface area contributed by atoms with Gasteiger partial charge < -0.3 is 15.4 Å². The standard InChI is InChI=1S/C25H29N3O5/c1-16(2)22(28-25(32)33-15-17-6-4-3-5-7-17)21(29)13-20-12-18-8-10-26-14-19(18)9-11-27-24(31)23(20)30/h3-8,10,14,16,20,22H,9,11-13,15H2,1-2H3,(H,27,31)(H,28,32). The predicted octanol–water partition coefficient (Wildman–Crippen LogP) is 2.39. The lowest BCUT2D eigenvalue weighted by Crippen LogP contribution is -2.46. The monoisotopic (exact) mass is 451 g/mol. The van der Waals surface area contributed by atoms with Gasteiger partial charge in [-0.3, -0.25) is 19.4 Å². The normalized spacial score (nSPS) is 17.1. The summed E-state index contributed by atoms with van der Waals surface area (Å²) in [5.41, 5.74) is 2.66. The van der Waals surface area contributed by atoms with Crippen molar-refractivity contribution < 1.29 is 23.9 Å². The summed E-state index contributed by atoms with van der Waals surface area (Å²) >= 11 is 0. The van der Waals surface area contributed by atoms with Crippen LogP contribution < -0.4 is 10.6 Å². The first-order valence-corrected chi connectivity index (χ1v) is 11.1. The fraction of sp³-hybridized carbons (Fsp3) is 0.400. The van der Waals surface area contributed by atoms with E-state index in [0.29, 0.717) is 13.0 Å². The minimum Gasteiger partial charge on any atom is -0.445 e. The molecule has 1 aromatic carbocycles. The SMILES string of the molecule is CC(C)C(NC(=O)OCc1ccccc1)C(=O)CC1Cc2ccncc2CCNC(=O)C1=O. The van der Waals surface area contributed by atoms with Gasteiger partial charge in [0.2, 0.25) is 5.78 Å². The van der Waals surface area contributed by atoms with Crippen molar-refractivity contribution in [2.75, 3.05) is 6.54 Å². The first-order valence-electron chi connectivity index (χ1n) is 11.1. The number of benzene rings is 1. The van der Waals surface area contributed by atoms with Crippen LogP contribution in [0.2, 0.25) is 0 Å². The average molecular weight is 452 g/mol. The van der Waals surface area contributed by atoms with Crippen molar-refractivity contribution in [2.24, 2.45) is 11.8 Å². The number of amides is 2. The number of carbonyl (C=O) groups excluding carboxylic acids is 4. The fourth-order valence-corrected chi connectivity index (χ4v) is 3.87. The number of fused-ring (bicyclic) bond motifs is 1. The van der Waals surface area contributed by atoms with Crippen LogP contribution in [0.5, 0.6) is 0 Å². The largest absolute Gasteiger partial charge is 0.445 e. The molecule has 8 nitrogen and oxygen atoms in total. The Balaban J connectivity index is 1.69. The number of carbonyl (C=O) groups is 4. The third-order valence-electron chi connectivity index (χ3n) is 5.69. The smallest absolute Gasteiger partial charge is 0.408 e. The lowest BCUT2D eigenvalue weighted by molar-refractivity contribution is -0.141. The van der Waals surface area contributed by atoms with Crippen LogP contribution in [0.15, 0.2) is 48.8 Å². The van der Waals surface area contributed by atoms with Gasteiger partial charge in [0.15, 0.2) is 5.78 Å². The zero-order valence-electron chi connectivity index (χ0n) is 18.9. The molecule has 1 aromatic heterocycles. The molecule has 1 aliphatic rings. The van der Waals surface area contributed by atoms with Crippen molar-refractivity contribution in [2.45, 2.75) is 45.8 Å². The van der Waals surface area contributed by atoms with Crippen molar-refractivity contribution in [1.29, 1.82) is 0 Å². The van der Waals surface area contributed by atoms with Gasteiger partial charge in [-0.1, -0.05) is 44.2 Å². The van der Waals surface area contributed by atoms with Crippen LogP contribution in [0.25, 0.3) is 0 Å². The van der Waals surface area contributed by atoms with E-state index in [1.54, 1.807) is 26.2 Å². The summed E-state index contributed by atoms with van der Waals surface area (Å²) in [4.78, 5) is 54.7. The van der Waals surface area contributed by atoms with Gasteiger partial charge in [-0.15, -0.1) is 0 Å². The summed E-state index contributed by atoms with van der Waals surface area (Å²) in [6.07, 6.45) is 3.32. The van der Waals surface area contributed by atoms with Gasteiger partial charge in [-0.25, -0.2) is 4.79 Å². The maximum absolute atomic E-state index is 13.1. The van der Waals surface area contributed by atoms with E-state index in [9.17, 15) is 19.2 Å². The van der Waals surface area contributed by atoms with E-state index in [0.717, 1.165) is 16.7 Å². The van der Waals surface area contributed by atoms with Crippen LogP contribution in [-0.2, 0) is 38.6 Å². The fourth-order valence-electron chi connectivity index (χ4n) is 3.87. The molecule has 2 amide bonds. The van der Waals surface area contributed by atoms with E-state index in [1.807, 2.05) is 36.4 Å². The van der Waals surface area contributed by atoms with Gasteiger partial charge >= 0.3 is 6.09 Å². The second-order valence-electron chi connectivity index (χ2n) is 8.51. The highest BCUT2D eigenvalue weighted by Crippen LogP contribution is 2.21. The lowest BCUT2D eigenvalue weighted by atomic mass is 9.85. The molecule has 0 saturated carbocycles. The third-order valence-corrected chi connectivity index (χ3v) is 5.69. The Bertz CT molecular complexity index is 1010. The number of pyridine rings is 1. The summed E-state index contributed by atoms with van der Waals surface area (Å²) < 4.78 is 5.25. The van der Waals surface area contributed by atoms with Crippen LogP contribution in [0.3, 0.4) is 0 Å². The number of nitrogens with zero attached hydrogens (tertiary/aromatic N) is 1. The molecule has 174 valence electrons. The molecule has 0 bridgehead atoms. The van der Waals surface area contributed by atoms with E-state index < -0.39 is 29.7 Å². The van der Waals surface area contributed by atoms with Crippen molar-refractivity contribution in [3.05, 3.63) is 65.5 Å². The predicted molar refractivity (Wildman–Crippen MR) is 121 cm³/mol. The molecular formula is C25H29N3O5. The summed E-state index contributed by atoms with van der Waals surface area (Å²) in [7, 11) is 0. The number of nitrogens with one attached hydrogen (secondary N) is 2. The number of alkyl carbamates (subject to hydrolysis) is 1. The average Bonchev–Trinajstić information content (AvgIpc) is 2.86. The molecule has 2 heterocycles. The van der Waals surface area contributed by atoms with Gasteiger partial charge in [0, 0.05) is 31.3 Å². The van der Waals surface area contributed by atoms with Gasteiger partial charge in [0.1, 0.15) is 6.61 Å². The number of ether oxygens (including phenoxy) is 1. The molecule has 2 N–H and O–H groups in total. The van der Waals surface area contributed by atoms with Crippen LogP contribution in [0, 0.1) is 11.8 Å². The number of Topliss-reactive ketones (excluding diaryl/α,β-unsaturated/α-hetero) is 2. The highest BCUT2D eigenvalue weighted by molar-refractivity contribution is 6.37. The summed E-state index contributed by atoms with van der Waals surface area (Å²) in [5.74, 6) is -2.67. The van der Waals surface area contributed by atoms with Crippen molar-refractivity contribution in [3.63, 3.8) is 0 Å². The number of ketones is 2. The van der Waals surface area contributed by atoms with Crippen LogP contribution in [0.4, 0.5) is 4.79 Å². The molecule has 33 heavy (non-hydrogen) atoms. The van der Waals surface area contributed by atoms with E-state index in [1.165, 1.54) is 0 Å². The Hall–Kier alpha value is -3.55. The maximum atomic E-state index is 13.1. The zero-order valence-corrected chi connectivity index (χ0v) is 18.9. The van der Waals surface area contributed by atoms with Gasteiger partial charge in [-0.05, 0) is 41.5 Å². The van der Waals surface area contributed by atoms with Crippen LogP contribution >= 0.6 is 0 Å². The molecule has 8 heteroatoms. The molecule has 3 rings (SSSR count). The Labute approximate surface area is 193 Å². The molecule has 1 aliphatic heterocycles. The first-order chi connectivity index (χ1) is 15.8. The highest BCUT2D eigenvalue weighted by Gasteiger charge is 2.33. The first kappa shape index (κ1) is 24.1. The molecule has 2 atom stereocenters. The summed E-state index contributed by atoms with van der Waals surface area (Å²) in [6, 6.07) is 10.2. The second kappa shape index (κ2) is 11.4. The number of hydrogen-bond donors (Lipinski definition) is 2. The van der Waals surface area contributed by atoms with Crippen molar-refractivity contribution >= 4 is 23.6 Å². The molecule has 2 aromatic rings. The topological polar surface area (TPSA) is 114 Å². The number of rotatable bonds is 7. The van der Waals surface area contributed by atoms with E-state index in [4.69, 9.17) is 4.74 Å². The second-order valence-corrected chi connectivity index (χ2v) is 8.51. The Kier molecular flexibility index (Phi) is 8.29. The molecule has 0 spiro atoms. The van der Waals surface area contributed by atoms with Crippen molar-refractivity contribution in [3.8, 4) is 0 Å². The maximum Gasteiger partial charge on any atom is 0.408 e. The van der Waals surface area contributed by atoms with Crippen LogP contribution in [-0.4, -0.2) is 41.1 Å². The minimum atomic E-state index is -0.839. The van der Waals surface area contributed by atoms with Crippen LogP contribution in [0.1, 0.15) is 37.0 Å². The van der Waals surface area contributed by atoms with E-state index in [2.05, 4.69) is 15.6 Å². The van der Waals surface area contributed by atoms with E-state index >= 15 is 0 Å². The molecular weight excluding hydrogens is 422 g/mol. The quantitative estimate of drug-likeness (QED) is 0.625. The highest BCUT2D eigenvalue weighted by atomic mass is 16.5. The Morgan fingerprint density at radius 1 is 1.15 bits per heavy atom. The Morgan fingerprint density at radius 3 is 2.64 bits per heavy atom. The van der Waals surface area contributed by atoms with Gasteiger partial charge in [-0.2, -0.15) is 0 Å². The molecule has 0 radical (unpaired) electrons. The summed E-state index contributed by atoms with van der Waals surface area (Å²) in [6.45, 7) is 4.02. The number of aromatic nitrogens is 1. The molecule has 0 saturated heterocycles. The minimum absolute atomic E-state index is 0.0811. The molecule has 2 unspecified atom stereocenters. The van der Waals surface area contributed by atoms with Gasteiger partial charge in [0.05, 0.1) is 6.04 Å². The zero-order chi connectivity index (χ0) is 23.8. The molecule has 0 fully saturated rings.